The van der Waals surface area contributed by atoms with Crippen LogP contribution in [-0.4, -0.2) is 18.3 Å². The number of aryl methyl sites for hydroxylation is 1. The van der Waals surface area contributed by atoms with Gasteiger partial charge in [0.05, 0.1) is 0 Å². The number of benzene rings is 5. The molecule has 0 saturated carbocycles. The fraction of sp³-hybridized carbons (Fsp3) is 0.0857. The van der Waals surface area contributed by atoms with Gasteiger partial charge in [-0.1, -0.05) is 91.0 Å². The van der Waals surface area contributed by atoms with E-state index < -0.39 is 0 Å². The maximum absolute atomic E-state index is 2.50. The number of anilines is 2. The first-order valence-electron chi connectivity index (χ1n) is 13.4. The van der Waals surface area contributed by atoms with E-state index in [0.717, 1.165) is 0 Å². The Morgan fingerprint density at radius 1 is 0.553 bits per heavy atom. The highest BCUT2D eigenvalue weighted by molar-refractivity contribution is 7.00. The van der Waals surface area contributed by atoms with Crippen molar-refractivity contribution in [3.05, 3.63) is 120 Å². The van der Waals surface area contributed by atoms with Crippen molar-refractivity contribution >= 4 is 45.4 Å². The van der Waals surface area contributed by atoms with E-state index in [1.165, 1.54) is 77.9 Å². The summed E-state index contributed by atoms with van der Waals surface area (Å²) in [5, 5.41) is 1.37. The molecule has 0 radical (unpaired) electrons. The molecular formula is C35H27BN2. The van der Waals surface area contributed by atoms with Crippen molar-refractivity contribution in [3.63, 3.8) is 0 Å². The number of fused-ring (bicyclic) bond motifs is 4. The Labute approximate surface area is 223 Å². The summed E-state index contributed by atoms with van der Waals surface area (Å²) in [5.74, 6) is 0. The maximum Gasteiger partial charge on any atom is 0.252 e. The van der Waals surface area contributed by atoms with Gasteiger partial charge in [0.2, 0.25) is 0 Å². The molecule has 0 saturated heterocycles. The Morgan fingerprint density at radius 2 is 1.21 bits per heavy atom. The number of para-hydroxylation sites is 1. The molecule has 0 unspecified atom stereocenters. The van der Waals surface area contributed by atoms with E-state index in [2.05, 4.69) is 140 Å². The van der Waals surface area contributed by atoms with Crippen LogP contribution in [0.2, 0.25) is 0 Å². The van der Waals surface area contributed by atoms with Crippen LogP contribution >= 0.6 is 0 Å². The topological polar surface area (TPSA) is 8.17 Å². The molecule has 0 fully saturated rings. The third-order valence-corrected chi connectivity index (χ3v) is 8.86. The minimum Gasteiger partial charge on any atom is -0.345 e. The van der Waals surface area contributed by atoms with Gasteiger partial charge < -0.3 is 9.47 Å². The molecule has 180 valence electrons. The molecule has 0 aliphatic carbocycles. The second-order valence-corrected chi connectivity index (χ2v) is 10.7. The normalized spacial score (nSPS) is 13.0. The van der Waals surface area contributed by atoms with E-state index in [-0.39, 0.29) is 6.71 Å². The molecule has 1 aromatic heterocycles. The highest BCUT2D eigenvalue weighted by Crippen LogP contribution is 2.37. The van der Waals surface area contributed by atoms with Gasteiger partial charge in [-0.05, 0) is 76.3 Å². The summed E-state index contributed by atoms with van der Waals surface area (Å²) in [7, 11) is 2.22. The molecule has 5 aromatic carbocycles. The Hall–Kier alpha value is -4.50. The summed E-state index contributed by atoms with van der Waals surface area (Å²) in [6, 6.07) is 40.3. The maximum atomic E-state index is 2.50. The highest BCUT2D eigenvalue weighted by atomic mass is 15.1. The van der Waals surface area contributed by atoms with Crippen LogP contribution in [0.15, 0.2) is 109 Å². The SMILES string of the molecule is Cc1c(C)n2c3c(cccc13)B1c3ccc(-c4ccc(-c5ccccc5)cc4)cc3N(C)c3cccc-2c31. The lowest BCUT2D eigenvalue weighted by atomic mass is 9.34. The zero-order chi connectivity index (χ0) is 25.5. The largest absolute Gasteiger partial charge is 0.345 e. The van der Waals surface area contributed by atoms with Gasteiger partial charge in [0.15, 0.2) is 0 Å². The third kappa shape index (κ3) is 2.79. The zero-order valence-electron chi connectivity index (χ0n) is 21.9. The molecule has 0 amide bonds. The van der Waals surface area contributed by atoms with Crippen molar-refractivity contribution in [2.75, 3.05) is 11.9 Å². The lowest BCUT2D eigenvalue weighted by Gasteiger charge is -2.38. The van der Waals surface area contributed by atoms with Crippen LogP contribution in [0.25, 0.3) is 38.8 Å². The van der Waals surface area contributed by atoms with Crippen LogP contribution < -0.4 is 21.3 Å². The van der Waals surface area contributed by atoms with Crippen molar-refractivity contribution in [1.82, 2.24) is 4.57 Å². The molecule has 8 rings (SSSR count). The first-order valence-corrected chi connectivity index (χ1v) is 13.4. The number of rotatable bonds is 2. The molecule has 3 heterocycles. The predicted molar refractivity (Wildman–Crippen MR) is 163 cm³/mol. The van der Waals surface area contributed by atoms with Gasteiger partial charge in [-0.3, -0.25) is 0 Å². The van der Waals surface area contributed by atoms with Gasteiger partial charge in [-0.15, -0.1) is 0 Å². The second kappa shape index (κ2) is 7.75. The van der Waals surface area contributed by atoms with E-state index in [1.54, 1.807) is 0 Å². The molecule has 6 aromatic rings. The monoisotopic (exact) mass is 486 g/mol. The van der Waals surface area contributed by atoms with Gasteiger partial charge in [0, 0.05) is 40.7 Å². The van der Waals surface area contributed by atoms with Crippen molar-refractivity contribution in [2.24, 2.45) is 0 Å². The summed E-state index contributed by atoms with van der Waals surface area (Å²) < 4.78 is 2.50. The predicted octanol–water partition coefficient (Wildman–Crippen LogP) is 6.49. The summed E-state index contributed by atoms with van der Waals surface area (Å²) in [4.78, 5) is 2.39. The number of hydrogen-bond donors (Lipinski definition) is 0. The van der Waals surface area contributed by atoms with E-state index in [0.29, 0.717) is 0 Å². The van der Waals surface area contributed by atoms with Crippen LogP contribution in [0.3, 0.4) is 0 Å². The van der Waals surface area contributed by atoms with Crippen molar-refractivity contribution in [3.8, 4) is 27.9 Å². The molecule has 0 N–H and O–H groups in total. The summed E-state index contributed by atoms with van der Waals surface area (Å²) in [6.07, 6.45) is 0. The minimum absolute atomic E-state index is 0.229. The van der Waals surface area contributed by atoms with E-state index in [1.807, 2.05) is 0 Å². The van der Waals surface area contributed by atoms with Gasteiger partial charge in [-0.2, -0.15) is 0 Å². The molecule has 0 bridgehead atoms. The summed E-state index contributed by atoms with van der Waals surface area (Å²) in [5.41, 5.74) is 17.2. The third-order valence-electron chi connectivity index (χ3n) is 8.86. The fourth-order valence-electron chi connectivity index (χ4n) is 6.85. The quantitative estimate of drug-likeness (QED) is 0.254. The molecule has 38 heavy (non-hydrogen) atoms. The smallest absolute Gasteiger partial charge is 0.252 e. The fourth-order valence-corrected chi connectivity index (χ4v) is 6.85. The molecule has 0 atom stereocenters. The van der Waals surface area contributed by atoms with Crippen molar-refractivity contribution in [1.29, 1.82) is 0 Å². The lowest BCUT2D eigenvalue weighted by molar-refractivity contribution is 1.04. The van der Waals surface area contributed by atoms with Crippen LogP contribution in [0.4, 0.5) is 11.4 Å². The molecule has 0 spiro atoms. The number of aromatic nitrogens is 1. The zero-order valence-corrected chi connectivity index (χ0v) is 21.9. The number of hydrogen-bond acceptors (Lipinski definition) is 1. The molecule has 2 aliphatic rings. The van der Waals surface area contributed by atoms with Crippen molar-refractivity contribution in [2.45, 2.75) is 13.8 Å². The lowest BCUT2D eigenvalue weighted by Crippen LogP contribution is -2.60. The van der Waals surface area contributed by atoms with Crippen LogP contribution in [0, 0.1) is 13.8 Å². The Morgan fingerprint density at radius 3 is 2.00 bits per heavy atom. The van der Waals surface area contributed by atoms with Crippen LogP contribution in [-0.2, 0) is 0 Å². The Kier molecular flexibility index (Phi) is 4.40. The molecular weight excluding hydrogens is 459 g/mol. The van der Waals surface area contributed by atoms with Gasteiger partial charge >= 0.3 is 0 Å². The van der Waals surface area contributed by atoms with E-state index >= 15 is 0 Å². The van der Waals surface area contributed by atoms with E-state index in [9.17, 15) is 0 Å². The molecule has 2 aliphatic heterocycles. The summed E-state index contributed by atoms with van der Waals surface area (Å²) >= 11 is 0. The Bertz CT molecular complexity index is 1900. The average molecular weight is 486 g/mol. The molecule has 3 heteroatoms. The first-order chi connectivity index (χ1) is 18.6. The summed E-state index contributed by atoms with van der Waals surface area (Å²) in [6.45, 7) is 4.75. The van der Waals surface area contributed by atoms with Gasteiger partial charge in [0.1, 0.15) is 0 Å². The van der Waals surface area contributed by atoms with Crippen molar-refractivity contribution < 1.29 is 0 Å². The van der Waals surface area contributed by atoms with Crippen LogP contribution in [0.5, 0.6) is 0 Å². The number of nitrogens with zero attached hydrogens (tertiary/aromatic N) is 2. The first kappa shape index (κ1) is 21.6. The Balaban J connectivity index is 1.31. The highest BCUT2D eigenvalue weighted by Gasteiger charge is 2.40. The molecule has 2 nitrogen and oxygen atoms in total. The second-order valence-electron chi connectivity index (χ2n) is 10.7. The standard InChI is InChI=1S/C35H27BN2/c1-22-23(2)38-32-14-8-13-31-34(32)36(30-12-7-11-28(22)35(30)38)29-20-19-27(21-33(29)37(31)3)26-17-15-25(16-18-26)24-9-5-4-6-10-24/h4-21H,1-3H3. The van der Waals surface area contributed by atoms with Gasteiger partial charge in [0.25, 0.3) is 6.71 Å². The van der Waals surface area contributed by atoms with Gasteiger partial charge in [-0.25, -0.2) is 0 Å². The van der Waals surface area contributed by atoms with E-state index in [4.69, 9.17) is 0 Å². The average Bonchev–Trinajstić information content (AvgIpc) is 3.23. The minimum atomic E-state index is 0.229. The van der Waals surface area contributed by atoms with Crippen LogP contribution in [0.1, 0.15) is 11.3 Å².